The third-order valence-corrected chi connectivity index (χ3v) is 8.49. The minimum atomic E-state index is 0.0201. The highest BCUT2D eigenvalue weighted by molar-refractivity contribution is 7.16. The second-order valence-corrected chi connectivity index (χ2v) is 10.4. The maximum Gasteiger partial charge on any atom is 0.228 e. The van der Waals surface area contributed by atoms with Gasteiger partial charge in [0, 0.05) is 18.6 Å². The second-order valence-electron chi connectivity index (χ2n) is 9.29. The maximum atomic E-state index is 12.8. The lowest BCUT2D eigenvalue weighted by atomic mass is 9.80. The van der Waals surface area contributed by atoms with Crippen molar-refractivity contribution >= 4 is 22.4 Å². The summed E-state index contributed by atoms with van der Waals surface area (Å²) in [6.45, 7) is 1.32. The number of hydrogen-bond donors (Lipinski definition) is 2. The first-order chi connectivity index (χ1) is 13.6. The van der Waals surface area contributed by atoms with Crippen molar-refractivity contribution < 1.29 is 9.90 Å². The fourth-order valence-electron chi connectivity index (χ4n) is 6.48. The molecule has 6 heteroatoms. The topological polar surface area (TPSA) is 65.5 Å². The first-order valence-electron chi connectivity index (χ1n) is 10.4. The number of amides is 1. The van der Waals surface area contributed by atoms with E-state index in [1.54, 1.807) is 0 Å². The molecule has 2 unspecified atom stereocenters. The van der Waals surface area contributed by atoms with Gasteiger partial charge in [0.25, 0.3) is 0 Å². The average Bonchev–Trinajstić information content (AvgIpc) is 3.35. The van der Waals surface area contributed by atoms with E-state index in [4.69, 9.17) is 0 Å². The van der Waals surface area contributed by atoms with Crippen molar-refractivity contribution in [3.63, 3.8) is 0 Å². The lowest BCUT2D eigenvalue weighted by Crippen LogP contribution is -2.39. The Morgan fingerprint density at radius 1 is 1.18 bits per heavy atom. The Bertz CT molecular complexity index is 916. The average molecular weight is 396 g/mol. The van der Waals surface area contributed by atoms with Crippen LogP contribution in [0.4, 0.5) is 5.13 Å². The Kier molecular flexibility index (Phi) is 3.58. The van der Waals surface area contributed by atoms with Gasteiger partial charge in [-0.1, -0.05) is 35.6 Å². The number of rotatable bonds is 4. The molecule has 0 radical (unpaired) electrons. The van der Waals surface area contributed by atoms with E-state index in [0.717, 1.165) is 22.9 Å². The Morgan fingerprint density at radius 2 is 1.86 bits per heavy atom. The zero-order valence-corrected chi connectivity index (χ0v) is 16.7. The largest absolute Gasteiger partial charge is 0.492 e. The van der Waals surface area contributed by atoms with Crippen LogP contribution in [-0.4, -0.2) is 26.4 Å². The van der Waals surface area contributed by atoms with Gasteiger partial charge in [0.1, 0.15) is 0 Å². The molecule has 0 spiro atoms. The van der Waals surface area contributed by atoms with E-state index in [2.05, 4.69) is 22.4 Å². The number of hydrogen-bond acceptors (Lipinski definition) is 5. The van der Waals surface area contributed by atoms with E-state index >= 15 is 0 Å². The van der Waals surface area contributed by atoms with Crippen LogP contribution in [0.2, 0.25) is 0 Å². The number of carbonyl (C=O) groups is 1. The summed E-state index contributed by atoms with van der Waals surface area (Å²) in [5.41, 5.74) is 2.63. The number of carbonyl (C=O) groups excluding carboxylic acids is 1. The van der Waals surface area contributed by atoms with Crippen LogP contribution in [0.25, 0.3) is 0 Å². The van der Waals surface area contributed by atoms with Crippen molar-refractivity contribution in [2.45, 2.75) is 57.2 Å². The summed E-state index contributed by atoms with van der Waals surface area (Å²) in [4.78, 5) is 19.7. The third kappa shape index (κ3) is 2.57. The minimum absolute atomic E-state index is 0.0201. The van der Waals surface area contributed by atoms with Gasteiger partial charge in [0.05, 0.1) is 11.3 Å². The molecule has 4 bridgehead atoms. The number of nitrogens with zero attached hydrogens (tertiary/aromatic N) is 2. The van der Waals surface area contributed by atoms with Crippen LogP contribution in [0.5, 0.6) is 5.88 Å². The summed E-state index contributed by atoms with van der Waals surface area (Å²) < 4.78 is 0. The molecule has 1 amide bonds. The van der Waals surface area contributed by atoms with Crippen molar-refractivity contribution in [1.82, 2.24) is 9.88 Å². The zero-order chi connectivity index (χ0) is 18.9. The summed E-state index contributed by atoms with van der Waals surface area (Å²) in [6.07, 6.45) is 6.81. The monoisotopic (exact) mass is 395 g/mol. The number of fused-ring (bicyclic) bond motifs is 1. The van der Waals surface area contributed by atoms with E-state index in [1.807, 2.05) is 17.0 Å². The molecule has 146 valence electrons. The molecule has 4 saturated carbocycles. The number of aromatic nitrogens is 1. The van der Waals surface area contributed by atoms with Crippen molar-refractivity contribution in [2.24, 2.45) is 17.8 Å². The molecule has 5 nitrogen and oxygen atoms in total. The van der Waals surface area contributed by atoms with Crippen LogP contribution in [0, 0.1) is 17.8 Å². The summed E-state index contributed by atoms with van der Waals surface area (Å²) >= 11 is 1.46. The van der Waals surface area contributed by atoms with Crippen LogP contribution in [-0.2, 0) is 24.3 Å². The predicted octanol–water partition coefficient (Wildman–Crippen LogP) is 3.92. The maximum absolute atomic E-state index is 12.8. The molecule has 7 rings (SSSR count). The van der Waals surface area contributed by atoms with Gasteiger partial charge >= 0.3 is 0 Å². The molecule has 4 fully saturated rings. The van der Waals surface area contributed by atoms with Crippen LogP contribution < -0.4 is 5.32 Å². The molecular weight excluding hydrogens is 370 g/mol. The lowest BCUT2D eigenvalue weighted by molar-refractivity contribution is -0.131. The van der Waals surface area contributed by atoms with E-state index in [9.17, 15) is 9.90 Å². The summed E-state index contributed by atoms with van der Waals surface area (Å²) in [5, 5.41) is 14.9. The van der Waals surface area contributed by atoms with Crippen LogP contribution in [0.3, 0.4) is 0 Å². The first kappa shape index (κ1) is 16.8. The van der Waals surface area contributed by atoms with E-state index in [1.165, 1.54) is 54.6 Å². The normalized spacial score (nSPS) is 32.1. The Balaban J connectivity index is 1.16. The molecule has 28 heavy (non-hydrogen) atoms. The number of thiazole rings is 1. The van der Waals surface area contributed by atoms with Crippen LogP contribution in [0.1, 0.15) is 48.1 Å². The van der Waals surface area contributed by atoms with Gasteiger partial charge < -0.3 is 15.3 Å². The second kappa shape index (κ2) is 5.96. The van der Waals surface area contributed by atoms with Crippen molar-refractivity contribution in [1.29, 1.82) is 0 Å². The van der Waals surface area contributed by atoms with Gasteiger partial charge in [-0.15, -0.1) is 0 Å². The summed E-state index contributed by atoms with van der Waals surface area (Å²) in [6, 6.07) is 8.20. The van der Waals surface area contributed by atoms with Gasteiger partial charge in [0.2, 0.25) is 11.8 Å². The van der Waals surface area contributed by atoms with Gasteiger partial charge in [-0.05, 0) is 61.0 Å². The number of nitrogens with one attached hydrogen (secondary N) is 1. The van der Waals surface area contributed by atoms with Gasteiger partial charge in [0.15, 0.2) is 5.13 Å². The molecule has 2 N–H and O–H groups in total. The summed E-state index contributed by atoms with van der Waals surface area (Å²) in [7, 11) is 0. The fraction of sp³-hybridized carbons (Fsp3) is 0.545. The van der Waals surface area contributed by atoms with Gasteiger partial charge in [-0.2, -0.15) is 4.98 Å². The third-order valence-electron chi connectivity index (χ3n) is 7.53. The molecule has 1 aromatic carbocycles. The predicted molar refractivity (Wildman–Crippen MR) is 108 cm³/mol. The molecular formula is C22H25N3O2S. The molecule has 1 aliphatic heterocycles. The first-order valence-corrected chi connectivity index (χ1v) is 11.2. The van der Waals surface area contributed by atoms with E-state index in [0.29, 0.717) is 18.0 Å². The highest BCUT2D eigenvalue weighted by Crippen LogP contribution is 2.61. The molecule has 2 heterocycles. The quantitative estimate of drug-likeness (QED) is 0.823. The van der Waals surface area contributed by atoms with Crippen molar-refractivity contribution in [2.75, 3.05) is 5.32 Å². The van der Waals surface area contributed by atoms with E-state index in [-0.39, 0.29) is 23.7 Å². The molecule has 5 aliphatic rings. The molecule has 2 aromatic rings. The highest BCUT2D eigenvalue weighted by Gasteiger charge is 2.58. The molecule has 0 saturated heterocycles. The summed E-state index contributed by atoms with van der Waals surface area (Å²) in [5.74, 6) is 2.58. The lowest BCUT2D eigenvalue weighted by Gasteiger charge is -2.33. The van der Waals surface area contributed by atoms with Crippen LogP contribution >= 0.6 is 11.3 Å². The number of anilines is 1. The minimum Gasteiger partial charge on any atom is -0.492 e. The fourth-order valence-corrected chi connectivity index (χ4v) is 7.44. The van der Waals surface area contributed by atoms with E-state index < -0.39 is 0 Å². The zero-order valence-electron chi connectivity index (χ0n) is 15.9. The van der Waals surface area contributed by atoms with Crippen LogP contribution in [0.15, 0.2) is 24.3 Å². The van der Waals surface area contributed by atoms with Crippen molar-refractivity contribution in [3.05, 3.63) is 40.3 Å². The van der Waals surface area contributed by atoms with Gasteiger partial charge in [-0.3, -0.25) is 4.79 Å². The Hall–Kier alpha value is -2.08. The molecule has 4 aliphatic carbocycles. The SMILES string of the molecule is O=C(Cc1sc(NC23CC4CC(CC2C4)C3)nc1O)N1Cc2ccccc2C1. The molecule has 1 aromatic heterocycles. The van der Waals surface area contributed by atoms with Crippen molar-refractivity contribution in [3.8, 4) is 5.88 Å². The Labute approximate surface area is 168 Å². The molecule has 2 atom stereocenters. The highest BCUT2D eigenvalue weighted by atomic mass is 32.1. The standard InChI is InChI=1S/C22H25N3O2S/c26-19(25-11-15-3-1-2-4-16(15)12-25)8-18-20(27)23-21(28-18)24-22-9-13-5-14(10-22)7-17(22)6-13/h1-4,13-14,17,27H,5-12H2,(H,23,24). The smallest absolute Gasteiger partial charge is 0.228 e. The van der Waals surface area contributed by atoms with Gasteiger partial charge in [-0.25, -0.2) is 0 Å². The number of benzene rings is 1. The Morgan fingerprint density at radius 3 is 2.54 bits per heavy atom. The number of aromatic hydroxyl groups is 1.